The van der Waals surface area contributed by atoms with Crippen molar-refractivity contribution in [3.05, 3.63) is 17.7 Å². The van der Waals surface area contributed by atoms with Crippen LogP contribution in [0.3, 0.4) is 0 Å². The highest BCUT2D eigenvalue weighted by atomic mass is 14.9. The summed E-state index contributed by atoms with van der Waals surface area (Å²) in [5, 5.41) is 0. The number of nitrogens with zero attached hydrogens (tertiary/aromatic N) is 1. The van der Waals surface area contributed by atoms with Gasteiger partial charge in [-0.05, 0) is 13.3 Å². The third-order valence-electron chi connectivity index (χ3n) is 1.14. The Morgan fingerprint density at radius 2 is 2.20 bits per heavy atom. The van der Waals surface area contributed by atoms with Gasteiger partial charge in [-0.25, -0.2) is 4.98 Å². The molecule has 0 bridgehead atoms. The number of aryl methyl sites for hydroxylation is 2. The summed E-state index contributed by atoms with van der Waals surface area (Å²) in [5.74, 6) is 1.00. The van der Waals surface area contributed by atoms with Crippen molar-refractivity contribution in [1.29, 1.82) is 0 Å². The summed E-state index contributed by atoms with van der Waals surface area (Å²) in [7, 11) is 0. The van der Waals surface area contributed by atoms with E-state index in [2.05, 4.69) is 16.9 Å². The van der Waals surface area contributed by atoms with E-state index in [-0.39, 0.29) is 1.43 Å². The maximum absolute atomic E-state index is 4.03. The maximum Gasteiger partial charge on any atom is 0.103 e. The fraction of sp³-hybridized carbons (Fsp3) is 0.625. The fourth-order valence-corrected chi connectivity index (χ4v) is 0.651. The molecule has 1 heterocycles. The molecule has 0 unspecified atom stereocenters. The van der Waals surface area contributed by atoms with Gasteiger partial charge in [0.15, 0.2) is 0 Å². The topological polar surface area (TPSA) is 28.7 Å². The minimum absolute atomic E-state index is 0. The molecule has 2 heteroatoms. The van der Waals surface area contributed by atoms with Crippen LogP contribution in [0.1, 0.15) is 33.7 Å². The van der Waals surface area contributed by atoms with E-state index in [1.54, 1.807) is 0 Å². The standard InChI is InChI=1S/C6H10N2.C2H6.H2/c1-3-6-4-7-5(2)8-6;1-2;/h4H,3H2,1-2H3,(H,7,8);1-2H3;1H. The summed E-state index contributed by atoms with van der Waals surface area (Å²) in [5.41, 5.74) is 1.21. The third-order valence-corrected chi connectivity index (χ3v) is 1.14. The number of nitrogens with one attached hydrogen (secondary N) is 1. The highest BCUT2D eigenvalue weighted by Gasteiger charge is 1.89. The van der Waals surface area contributed by atoms with Crippen molar-refractivity contribution in [2.45, 2.75) is 34.1 Å². The van der Waals surface area contributed by atoms with Gasteiger partial charge < -0.3 is 4.98 Å². The molecule has 0 saturated carbocycles. The van der Waals surface area contributed by atoms with Gasteiger partial charge in [0, 0.05) is 13.3 Å². The summed E-state index contributed by atoms with van der Waals surface area (Å²) in [6.45, 7) is 8.06. The number of rotatable bonds is 1. The van der Waals surface area contributed by atoms with Crippen molar-refractivity contribution in [1.82, 2.24) is 9.97 Å². The average Bonchev–Trinajstić information content (AvgIpc) is 2.40. The number of H-pyrrole nitrogens is 1. The van der Waals surface area contributed by atoms with E-state index in [4.69, 9.17) is 0 Å². The van der Waals surface area contributed by atoms with Gasteiger partial charge in [0.2, 0.25) is 0 Å². The van der Waals surface area contributed by atoms with Crippen molar-refractivity contribution >= 4 is 0 Å². The lowest BCUT2D eigenvalue weighted by molar-refractivity contribution is 1.04. The van der Waals surface area contributed by atoms with E-state index in [9.17, 15) is 0 Å². The molecular formula is C8H18N2. The van der Waals surface area contributed by atoms with Crippen molar-refractivity contribution in [2.75, 3.05) is 0 Å². The summed E-state index contributed by atoms with van der Waals surface area (Å²) in [4.78, 5) is 7.15. The van der Waals surface area contributed by atoms with Crippen LogP contribution in [0.25, 0.3) is 0 Å². The highest BCUT2D eigenvalue weighted by molar-refractivity contribution is 4.98. The Balaban J connectivity index is 0. The lowest BCUT2D eigenvalue weighted by Crippen LogP contribution is -1.76. The molecule has 0 aliphatic carbocycles. The quantitative estimate of drug-likeness (QED) is 0.641. The molecule has 0 radical (unpaired) electrons. The minimum atomic E-state index is 0. The Morgan fingerprint density at radius 3 is 2.40 bits per heavy atom. The first-order chi connectivity index (χ1) is 4.83. The molecule has 0 spiro atoms. The lowest BCUT2D eigenvalue weighted by atomic mass is 10.4. The van der Waals surface area contributed by atoms with Crippen molar-refractivity contribution in [3.63, 3.8) is 0 Å². The zero-order valence-corrected chi connectivity index (χ0v) is 7.23. The minimum Gasteiger partial charge on any atom is -0.346 e. The zero-order chi connectivity index (χ0) is 7.98. The Hall–Kier alpha value is -0.790. The van der Waals surface area contributed by atoms with Gasteiger partial charge in [-0.1, -0.05) is 20.8 Å². The van der Waals surface area contributed by atoms with Crippen LogP contribution in [-0.2, 0) is 6.42 Å². The predicted octanol–water partition coefficient (Wildman–Crippen LogP) is 2.55. The molecule has 2 nitrogen and oxygen atoms in total. The largest absolute Gasteiger partial charge is 0.346 e. The van der Waals surface area contributed by atoms with Crippen molar-refractivity contribution < 1.29 is 1.43 Å². The molecule has 10 heavy (non-hydrogen) atoms. The predicted molar refractivity (Wildman–Crippen MR) is 46.2 cm³/mol. The first-order valence-electron chi connectivity index (χ1n) is 3.83. The highest BCUT2D eigenvalue weighted by Crippen LogP contribution is 1.94. The van der Waals surface area contributed by atoms with E-state index in [1.165, 1.54) is 5.69 Å². The molecule has 1 rings (SSSR count). The number of hydrogen-bond donors (Lipinski definition) is 1. The van der Waals surface area contributed by atoms with Gasteiger partial charge in [-0.15, -0.1) is 0 Å². The van der Waals surface area contributed by atoms with Crippen LogP contribution in [0, 0.1) is 6.92 Å². The number of aromatic nitrogens is 2. The molecule has 0 atom stereocenters. The van der Waals surface area contributed by atoms with E-state index < -0.39 is 0 Å². The summed E-state index contributed by atoms with van der Waals surface area (Å²) >= 11 is 0. The Morgan fingerprint density at radius 1 is 1.60 bits per heavy atom. The molecule has 0 aromatic carbocycles. The molecule has 1 aromatic heterocycles. The molecule has 1 aromatic rings. The maximum atomic E-state index is 4.03. The third kappa shape index (κ3) is 2.67. The second-order valence-corrected chi connectivity index (χ2v) is 1.85. The zero-order valence-electron chi connectivity index (χ0n) is 7.23. The van der Waals surface area contributed by atoms with Gasteiger partial charge in [-0.2, -0.15) is 0 Å². The second kappa shape index (κ2) is 5.03. The van der Waals surface area contributed by atoms with Gasteiger partial charge in [0.25, 0.3) is 0 Å². The van der Waals surface area contributed by atoms with E-state index >= 15 is 0 Å². The molecule has 0 amide bonds. The van der Waals surface area contributed by atoms with Gasteiger partial charge in [0.05, 0.1) is 0 Å². The normalized spacial score (nSPS) is 8.40. The lowest BCUT2D eigenvalue weighted by Gasteiger charge is -1.82. The van der Waals surface area contributed by atoms with Crippen LogP contribution in [0.5, 0.6) is 0 Å². The number of aromatic amines is 1. The van der Waals surface area contributed by atoms with Gasteiger partial charge in [0.1, 0.15) is 5.82 Å². The van der Waals surface area contributed by atoms with Crippen LogP contribution in [0.15, 0.2) is 6.20 Å². The monoisotopic (exact) mass is 142 g/mol. The van der Waals surface area contributed by atoms with Crippen molar-refractivity contribution in [2.24, 2.45) is 0 Å². The van der Waals surface area contributed by atoms with Crippen LogP contribution in [-0.4, -0.2) is 9.97 Å². The first kappa shape index (κ1) is 9.21. The Kier molecular flexibility index (Phi) is 4.63. The average molecular weight is 142 g/mol. The molecule has 1 N–H and O–H groups in total. The number of imidazole rings is 1. The van der Waals surface area contributed by atoms with Crippen LogP contribution < -0.4 is 0 Å². The Bertz CT molecular complexity index is 172. The van der Waals surface area contributed by atoms with Crippen LogP contribution >= 0.6 is 0 Å². The first-order valence-corrected chi connectivity index (χ1v) is 3.83. The fourth-order valence-electron chi connectivity index (χ4n) is 0.651. The molecule has 0 aliphatic heterocycles. The molecule has 0 fully saturated rings. The van der Waals surface area contributed by atoms with Crippen molar-refractivity contribution in [3.8, 4) is 0 Å². The smallest absolute Gasteiger partial charge is 0.103 e. The van der Waals surface area contributed by atoms with Crippen LogP contribution in [0.2, 0.25) is 0 Å². The van der Waals surface area contributed by atoms with Crippen LogP contribution in [0.4, 0.5) is 0 Å². The summed E-state index contributed by atoms with van der Waals surface area (Å²) < 4.78 is 0. The van der Waals surface area contributed by atoms with E-state index in [0.717, 1.165) is 12.2 Å². The number of hydrogen-bond acceptors (Lipinski definition) is 1. The Labute approximate surface area is 64.2 Å². The van der Waals surface area contributed by atoms with E-state index in [0.29, 0.717) is 0 Å². The van der Waals surface area contributed by atoms with Gasteiger partial charge >= 0.3 is 0 Å². The second-order valence-electron chi connectivity index (χ2n) is 1.85. The summed E-state index contributed by atoms with van der Waals surface area (Å²) in [6, 6.07) is 0. The molecular weight excluding hydrogens is 124 g/mol. The van der Waals surface area contributed by atoms with E-state index in [1.807, 2.05) is 27.0 Å². The molecule has 0 saturated heterocycles. The molecule has 0 aliphatic rings. The summed E-state index contributed by atoms with van der Waals surface area (Å²) in [6.07, 6.45) is 2.91. The van der Waals surface area contributed by atoms with Gasteiger partial charge in [-0.3, -0.25) is 0 Å². The SMILES string of the molecule is CC.CCc1cnc(C)[nH]1.[HH]. The molecule has 60 valence electrons.